The zero-order valence-electron chi connectivity index (χ0n) is 11.6. The molecule has 1 heterocycles. The third kappa shape index (κ3) is 2.65. The van der Waals surface area contributed by atoms with Crippen molar-refractivity contribution in [3.8, 4) is 0 Å². The van der Waals surface area contributed by atoms with Crippen molar-refractivity contribution in [1.82, 2.24) is 9.78 Å². The van der Waals surface area contributed by atoms with Crippen LogP contribution in [0.5, 0.6) is 0 Å². The average molecular weight is 292 g/mol. The lowest BCUT2D eigenvalue weighted by Gasteiger charge is -2.05. The van der Waals surface area contributed by atoms with Crippen molar-refractivity contribution in [3.63, 3.8) is 0 Å². The van der Waals surface area contributed by atoms with E-state index in [9.17, 15) is 13.2 Å². The van der Waals surface area contributed by atoms with Gasteiger partial charge < -0.3 is 0 Å². The lowest BCUT2D eigenvalue weighted by atomic mass is 10.2. The van der Waals surface area contributed by atoms with Crippen LogP contribution in [0.2, 0.25) is 0 Å². The van der Waals surface area contributed by atoms with Crippen LogP contribution in [-0.4, -0.2) is 24.1 Å². The highest BCUT2D eigenvalue weighted by atomic mass is 32.2. The molecule has 1 aromatic carbocycles. The molecule has 106 valence electrons. The van der Waals surface area contributed by atoms with Crippen molar-refractivity contribution in [2.45, 2.75) is 31.4 Å². The van der Waals surface area contributed by atoms with Gasteiger partial charge in [-0.15, -0.1) is 0 Å². The topological polar surface area (TPSA) is 69.0 Å². The smallest absolute Gasteiger partial charge is 0.243 e. The second kappa shape index (κ2) is 5.20. The predicted octanol–water partition coefficient (Wildman–Crippen LogP) is 2.13. The molecule has 0 fully saturated rings. The standard InChI is InChI=1S/C14H16N2O3S/c1-10-14(11(2)16(15-10)12(3)17)9-20(18,19)13-7-5-4-6-8-13/h4-8H,9H2,1-3H3. The molecular formula is C14H16N2O3S. The molecule has 0 N–H and O–H groups in total. The van der Waals surface area contributed by atoms with Gasteiger partial charge in [0.1, 0.15) is 0 Å². The molecule has 20 heavy (non-hydrogen) atoms. The Kier molecular flexibility index (Phi) is 3.76. The van der Waals surface area contributed by atoms with Gasteiger partial charge in [-0.3, -0.25) is 4.79 Å². The maximum Gasteiger partial charge on any atom is 0.243 e. The average Bonchev–Trinajstić information content (AvgIpc) is 2.68. The van der Waals surface area contributed by atoms with E-state index in [0.717, 1.165) is 0 Å². The molecular weight excluding hydrogens is 276 g/mol. The Morgan fingerprint density at radius 2 is 1.80 bits per heavy atom. The van der Waals surface area contributed by atoms with E-state index in [-0.39, 0.29) is 16.6 Å². The van der Waals surface area contributed by atoms with E-state index in [1.807, 2.05) is 0 Å². The minimum Gasteiger partial charge on any atom is -0.273 e. The largest absolute Gasteiger partial charge is 0.273 e. The fraction of sp³-hybridized carbons (Fsp3) is 0.286. The molecule has 1 aromatic heterocycles. The molecule has 0 bridgehead atoms. The summed E-state index contributed by atoms with van der Waals surface area (Å²) < 4.78 is 26.0. The molecule has 2 rings (SSSR count). The number of carbonyl (C=O) groups is 1. The predicted molar refractivity (Wildman–Crippen MR) is 75.3 cm³/mol. The Bertz CT molecular complexity index is 746. The van der Waals surface area contributed by atoms with Crippen LogP contribution in [0.25, 0.3) is 0 Å². The van der Waals surface area contributed by atoms with Gasteiger partial charge in [-0.05, 0) is 26.0 Å². The second-order valence-electron chi connectivity index (χ2n) is 4.65. The number of aromatic nitrogens is 2. The Morgan fingerprint density at radius 1 is 1.20 bits per heavy atom. The fourth-order valence-electron chi connectivity index (χ4n) is 2.09. The molecule has 0 radical (unpaired) electrons. The number of nitrogens with zero attached hydrogens (tertiary/aromatic N) is 2. The summed E-state index contributed by atoms with van der Waals surface area (Å²) in [4.78, 5) is 11.7. The molecule has 0 atom stereocenters. The Morgan fingerprint density at radius 3 is 2.30 bits per heavy atom. The van der Waals surface area contributed by atoms with Gasteiger partial charge in [0.2, 0.25) is 5.91 Å². The van der Waals surface area contributed by atoms with Crippen LogP contribution in [0.3, 0.4) is 0 Å². The van der Waals surface area contributed by atoms with Crippen LogP contribution in [-0.2, 0) is 15.6 Å². The van der Waals surface area contributed by atoms with Crippen LogP contribution in [0.1, 0.15) is 28.7 Å². The summed E-state index contributed by atoms with van der Waals surface area (Å²) in [7, 11) is -3.44. The highest BCUT2D eigenvalue weighted by molar-refractivity contribution is 7.90. The zero-order chi connectivity index (χ0) is 14.9. The molecule has 0 amide bonds. The van der Waals surface area contributed by atoms with Crippen molar-refractivity contribution >= 4 is 15.7 Å². The van der Waals surface area contributed by atoms with Gasteiger partial charge >= 0.3 is 0 Å². The Hall–Kier alpha value is -1.95. The van der Waals surface area contributed by atoms with E-state index in [1.165, 1.54) is 11.6 Å². The van der Waals surface area contributed by atoms with E-state index in [4.69, 9.17) is 0 Å². The highest BCUT2D eigenvalue weighted by Crippen LogP contribution is 2.21. The zero-order valence-corrected chi connectivity index (χ0v) is 12.4. The van der Waals surface area contributed by atoms with Gasteiger partial charge in [0.25, 0.3) is 0 Å². The molecule has 0 unspecified atom stereocenters. The van der Waals surface area contributed by atoms with Crippen molar-refractivity contribution in [2.75, 3.05) is 0 Å². The highest BCUT2D eigenvalue weighted by Gasteiger charge is 2.21. The van der Waals surface area contributed by atoms with Crippen LogP contribution in [0.15, 0.2) is 35.2 Å². The first-order valence-electron chi connectivity index (χ1n) is 6.17. The molecule has 5 nitrogen and oxygen atoms in total. The second-order valence-corrected chi connectivity index (χ2v) is 6.64. The van der Waals surface area contributed by atoms with Crippen LogP contribution in [0, 0.1) is 13.8 Å². The van der Waals surface area contributed by atoms with E-state index in [0.29, 0.717) is 17.0 Å². The Balaban J connectivity index is 2.43. The monoisotopic (exact) mass is 292 g/mol. The first kappa shape index (κ1) is 14.5. The quantitative estimate of drug-likeness (QED) is 0.869. The number of benzene rings is 1. The number of carbonyl (C=O) groups excluding carboxylic acids is 1. The number of rotatable bonds is 3. The van der Waals surface area contributed by atoms with Crippen LogP contribution in [0.4, 0.5) is 0 Å². The van der Waals surface area contributed by atoms with E-state index < -0.39 is 9.84 Å². The normalized spacial score (nSPS) is 11.6. The SMILES string of the molecule is CC(=O)n1nc(C)c(CS(=O)(=O)c2ccccc2)c1C. The maximum absolute atomic E-state index is 12.4. The first-order valence-corrected chi connectivity index (χ1v) is 7.82. The van der Waals surface area contributed by atoms with E-state index in [2.05, 4.69) is 5.10 Å². The number of sulfone groups is 1. The van der Waals surface area contributed by atoms with Crippen LogP contribution >= 0.6 is 0 Å². The van der Waals surface area contributed by atoms with Gasteiger partial charge in [0, 0.05) is 18.2 Å². The van der Waals surface area contributed by atoms with Crippen molar-refractivity contribution in [2.24, 2.45) is 0 Å². The third-order valence-electron chi connectivity index (χ3n) is 3.18. The van der Waals surface area contributed by atoms with E-state index >= 15 is 0 Å². The van der Waals surface area contributed by atoms with Gasteiger partial charge in [-0.2, -0.15) is 5.10 Å². The minimum atomic E-state index is -3.44. The van der Waals surface area contributed by atoms with Gasteiger partial charge in [0.15, 0.2) is 9.84 Å². The molecule has 0 aliphatic rings. The molecule has 0 aliphatic heterocycles. The number of hydrogen-bond donors (Lipinski definition) is 0. The molecule has 2 aromatic rings. The van der Waals surface area contributed by atoms with Crippen molar-refractivity contribution < 1.29 is 13.2 Å². The minimum absolute atomic E-state index is 0.151. The third-order valence-corrected chi connectivity index (χ3v) is 4.84. The fourth-order valence-corrected chi connectivity index (χ4v) is 3.63. The van der Waals surface area contributed by atoms with Gasteiger partial charge in [0.05, 0.1) is 16.3 Å². The summed E-state index contributed by atoms with van der Waals surface area (Å²) in [5.41, 5.74) is 1.73. The van der Waals surface area contributed by atoms with Gasteiger partial charge in [-0.1, -0.05) is 18.2 Å². The van der Waals surface area contributed by atoms with Crippen molar-refractivity contribution in [3.05, 3.63) is 47.3 Å². The van der Waals surface area contributed by atoms with Crippen LogP contribution < -0.4 is 0 Å². The molecule has 0 aliphatic carbocycles. The van der Waals surface area contributed by atoms with Crippen molar-refractivity contribution in [1.29, 1.82) is 0 Å². The summed E-state index contributed by atoms with van der Waals surface area (Å²) in [5, 5.41) is 4.09. The molecule has 0 saturated carbocycles. The summed E-state index contributed by atoms with van der Waals surface area (Å²) in [6, 6.07) is 8.27. The maximum atomic E-state index is 12.4. The molecule has 6 heteroatoms. The van der Waals surface area contributed by atoms with Gasteiger partial charge in [-0.25, -0.2) is 13.1 Å². The lowest BCUT2D eigenvalue weighted by Crippen LogP contribution is -2.10. The summed E-state index contributed by atoms with van der Waals surface area (Å²) in [5.74, 6) is -0.379. The Labute approximate surface area is 118 Å². The summed E-state index contributed by atoms with van der Waals surface area (Å²) in [6.07, 6.45) is 0. The summed E-state index contributed by atoms with van der Waals surface area (Å²) >= 11 is 0. The number of hydrogen-bond acceptors (Lipinski definition) is 4. The lowest BCUT2D eigenvalue weighted by molar-refractivity contribution is 0.0918. The molecule has 0 saturated heterocycles. The first-order chi connectivity index (χ1) is 9.33. The molecule has 0 spiro atoms. The van der Waals surface area contributed by atoms with E-state index in [1.54, 1.807) is 44.2 Å². The number of aryl methyl sites for hydroxylation is 1. The summed E-state index contributed by atoms with van der Waals surface area (Å²) in [6.45, 7) is 4.81.